The molecule has 0 spiro atoms. The number of hydrogen-bond acceptors (Lipinski definition) is 3. The molecule has 1 aromatic rings. The van der Waals surface area contributed by atoms with Gasteiger partial charge in [0.2, 0.25) is 5.91 Å². The summed E-state index contributed by atoms with van der Waals surface area (Å²) in [4.78, 5) is 11.7. The van der Waals surface area contributed by atoms with Crippen LogP contribution in [0.5, 0.6) is 0 Å². The molecule has 0 bridgehead atoms. The van der Waals surface area contributed by atoms with E-state index < -0.39 is 0 Å². The normalized spacial score (nSPS) is 12.2. The highest BCUT2D eigenvalue weighted by atomic mass is 16.3. The topological polar surface area (TPSA) is 61.4 Å². The Kier molecular flexibility index (Phi) is 5.66. The van der Waals surface area contributed by atoms with Crippen LogP contribution >= 0.6 is 0 Å². The third-order valence-electron chi connectivity index (χ3n) is 2.46. The van der Waals surface area contributed by atoms with Crippen LogP contribution in [0.4, 0.5) is 5.69 Å². The number of aliphatic hydroxyl groups is 1. The van der Waals surface area contributed by atoms with Crippen molar-refractivity contribution in [2.75, 3.05) is 11.9 Å². The minimum atomic E-state index is -0.00445. The molecular formula is C13H20N2O2. The quantitative estimate of drug-likeness (QED) is 0.701. The average molecular weight is 236 g/mol. The Balaban J connectivity index is 2.44. The zero-order chi connectivity index (χ0) is 12.7. The molecular weight excluding hydrogens is 216 g/mol. The molecule has 0 aromatic heterocycles. The van der Waals surface area contributed by atoms with Gasteiger partial charge in [-0.2, -0.15) is 0 Å². The Morgan fingerprint density at radius 2 is 2.00 bits per heavy atom. The van der Waals surface area contributed by atoms with Gasteiger partial charge in [0, 0.05) is 18.2 Å². The van der Waals surface area contributed by atoms with Crippen LogP contribution in [0.25, 0.3) is 0 Å². The maximum atomic E-state index is 11.7. The van der Waals surface area contributed by atoms with Gasteiger partial charge in [-0.1, -0.05) is 19.1 Å². The summed E-state index contributed by atoms with van der Waals surface area (Å²) in [6.45, 7) is 4.88. The van der Waals surface area contributed by atoms with E-state index in [1.165, 1.54) is 0 Å². The molecule has 1 rings (SSSR count). The standard InChI is InChI=1S/C13H20N2O2/c1-3-14-10(2)8-13(17)15-12-6-4-11(9-16)5-7-12/h4-7,10,14,16H,3,8-9H2,1-2H3,(H,15,17). The maximum absolute atomic E-state index is 11.7. The van der Waals surface area contributed by atoms with Crippen LogP contribution < -0.4 is 10.6 Å². The van der Waals surface area contributed by atoms with Crippen molar-refractivity contribution in [3.63, 3.8) is 0 Å². The van der Waals surface area contributed by atoms with Crippen molar-refractivity contribution in [3.05, 3.63) is 29.8 Å². The van der Waals surface area contributed by atoms with E-state index >= 15 is 0 Å². The monoisotopic (exact) mass is 236 g/mol. The van der Waals surface area contributed by atoms with Crippen LogP contribution in [0.3, 0.4) is 0 Å². The third kappa shape index (κ3) is 4.97. The van der Waals surface area contributed by atoms with E-state index in [9.17, 15) is 4.79 Å². The summed E-state index contributed by atoms with van der Waals surface area (Å²) in [6.07, 6.45) is 0.454. The Labute approximate surface area is 102 Å². The highest BCUT2D eigenvalue weighted by Gasteiger charge is 2.07. The molecule has 94 valence electrons. The van der Waals surface area contributed by atoms with Crippen molar-refractivity contribution in [1.82, 2.24) is 5.32 Å². The van der Waals surface area contributed by atoms with Crippen molar-refractivity contribution in [2.24, 2.45) is 0 Å². The predicted molar refractivity (Wildman–Crippen MR) is 68.8 cm³/mol. The van der Waals surface area contributed by atoms with Gasteiger partial charge < -0.3 is 15.7 Å². The Morgan fingerprint density at radius 3 is 2.53 bits per heavy atom. The van der Waals surface area contributed by atoms with Gasteiger partial charge in [-0.05, 0) is 31.2 Å². The lowest BCUT2D eigenvalue weighted by Gasteiger charge is -2.12. The molecule has 3 N–H and O–H groups in total. The number of benzene rings is 1. The summed E-state index contributed by atoms with van der Waals surface area (Å²) in [5, 5.41) is 14.9. The van der Waals surface area contributed by atoms with E-state index in [4.69, 9.17) is 5.11 Å². The molecule has 1 amide bonds. The molecule has 0 heterocycles. The van der Waals surface area contributed by atoms with E-state index in [0.717, 1.165) is 17.8 Å². The lowest BCUT2D eigenvalue weighted by Crippen LogP contribution is -2.30. The van der Waals surface area contributed by atoms with Crippen LogP contribution in [-0.2, 0) is 11.4 Å². The SMILES string of the molecule is CCNC(C)CC(=O)Nc1ccc(CO)cc1. The van der Waals surface area contributed by atoms with Crippen molar-refractivity contribution < 1.29 is 9.90 Å². The van der Waals surface area contributed by atoms with Crippen LogP contribution in [0.2, 0.25) is 0 Å². The molecule has 17 heavy (non-hydrogen) atoms. The van der Waals surface area contributed by atoms with Gasteiger partial charge in [-0.3, -0.25) is 4.79 Å². The Bertz CT molecular complexity index is 349. The fourth-order valence-corrected chi connectivity index (χ4v) is 1.60. The van der Waals surface area contributed by atoms with Crippen LogP contribution in [0, 0.1) is 0 Å². The predicted octanol–water partition coefficient (Wildman–Crippen LogP) is 1.51. The van der Waals surface area contributed by atoms with Crippen molar-refractivity contribution in [2.45, 2.75) is 32.9 Å². The minimum Gasteiger partial charge on any atom is -0.392 e. The average Bonchev–Trinajstić information content (AvgIpc) is 2.30. The summed E-state index contributed by atoms with van der Waals surface area (Å²) >= 11 is 0. The molecule has 4 nitrogen and oxygen atoms in total. The van der Waals surface area contributed by atoms with E-state index in [1.54, 1.807) is 24.3 Å². The molecule has 0 radical (unpaired) electrons. The summed E-state index contributed by atoms with van der Waals surface area (Å²) in [7, 11) is 0. The molecule has 4 heteroatoms. The highest BCUT2D eigenvalue weighted by Crippen LogP contribution is 2.10. The highest BCUT2D eigenvalue weighted by molar-refractivity contribution is 5.91. The molecule has 1 unspecified atom stereocenters. The van der Waals surface area contributed by atoms with E-state index in [0.29, 0.717) is 6.42 Å². The fourth-order valence-electron chi connectivity index (χ4n) is 1.60. The Hall–Kier alpha value is -1.39. The second-order valence-corrected chi connectivity index (χ2v) is 4.07. The largest absolute Gasteiger partial charge is 0.392 e. The number of carbonyl (C=O) groups is 1. The third-order valence-corrected chi connectivity index (χ3v) is 2.46. The summed E-state index contributed by atoms with van der Waals surface area (Å²) in [5.74, 6) is -0.00445. The van der Waals surface area contributed by atoms with Crippen molar-refractivity contribution in [1.29, 1.82) is 0 Å². The molecule has 0 aliphatic heterocycles. The molecule has 0 fully saturated rings. The zero-order valence-electron chi connectivity index (χ0n) is 10.4. The molecule has 0 aliphatic carbocycles. The number of nitrogens with one attached hydrogen (secondary N) is 2. The smallest absolute Gasteiger partial charge is 0.225 e. The first-order chi connectivity index (χ1) is 8.15. The number of amides is 1. The maximum Gasteiger partial charge on any atom is 0.225 e. The van der Waals surface area contributed by atoms with Crippen LogP contribution in [-0.4, -0.2) is 23.6 Å². The molecule has 1 atom stereocenters. The van der Waals surface area contributed by atoms with Gasteiger partial charge in [0.05, 0.1) is 6.61 Å². The first kappa shape index (κ1) is 13.7. The lowest BCUT2D eigenvalue weighted by atomic mass is 10.2. The number of rotatable bonds is 6. The molecule has 0 aliphatic rings. The summed E-state index contributed by atoms with van der Waals surface area (Å²) < 4.78 is 0. The second kappa shape index (κ2) is 7.04. The number of carbonyl (C=O) groups excluding carboxylic acids is 1. The summed E-state index contributed by atoms with van der Waals surface area (Å²) in [5.41, 5.74) is 1.60. The number of anilines is 1. The van der Waals surface area contributed by atoms with Gasteiger partial charge in [-0.25, -0.2) is 0 Å². The second-order valence-electron chi connectivity index (χ2n) is 4.07. The molecule has 1 aromatic carbocycles. The van der Waals surface area contributed by atoms with Crippen LogP contribution in [0.1, 0.15) is 25.8 Å². The zero-order valence-corrected chi connectivity index (χ0v) is 10.4. The van der Waals surface area contributed by atoms with Gasteiger partial charge >= 0.3 is 0 Å². The van der Waals surface area contributed by atoms with E-state index in [1.807, 2.05) is 13.8 Å². The Morgan fingerprint density at radius 1 is 1.35 bits per heavy atom. The van der Waals surface area contributed by atoms with Gasteiger partial charge in [0.25, 0.3) is 0 Å². The first-order valence-corrected chi connectivity index (χ1v) is 5.88. The molecule has 0 saturated heterocycles. The van der Waals surface area contributed by atoms with Gasteiger partial charge in [0.1, 0.15) is 0 Å². The first-order valence-electron chi connectivity index (χ1n) is 5.88. The fraction of sp³-hybridized carbons (Fsp3) is 0.462. The lowest BCUT2D eigenvalue weighted by molar-refractivity contribution is -0.116. The van der Waals surface area contributed by atoms with Crippen molar-refractivity contribution in [3.8, 4) is 0 Å². The van der Waals surface area contributed by atoms with E-state index in [2.05, 4.69) is 10.6 Å². The molecule has 0 saturated carbocycles. The van der Waals surface area contributed by atoms with Crippen molar-refractivity contribution >= 4 is 11.6 Å². The minimum absolute atomic E-state index is 0.00445. The number of aliphatic hydroxyl groups excluding tert-OH is 1. The van der Waals surface area contributed by atoms with Gasteiger partial charge in [-0.15, -0.1) is 0 Å². The summed E-state index contributed by atoms with van der Waals surface area (Å²) in [6, 6.07) is 7.35. The number of hydrogen-bond donors (Lipinski definition) is 3. The van der Waals surface area contributed by atoms with E-state index in [-0.39, 0.29) is 18.6 Å². The van der Waals surface area contributed by atoms with Gasteiger partial charge in [0.15, 0.2) is 0 Å². The van der Waals surface area contributed by atoms with Crippen LogP contribution in [0.15, 0.2) is 24.3 Å².